The number of nitrogens with zero attached hydrogens (tertiary/aromatic N) is 1. The third-order valence-electron chi connectivity index (χ3n) is 3.79. The van der Waals surface area contributed by atoms with Gasteiger partial charge in [0.1, 0.15) is 0 Å². The highest BCUT2D eigenvalue weighted by atomic mass is 32.1. The first-order valence-electron chi connectivity index (χ1n) is 6.56. The Bertz CT molecular complexity index is 372. The van der Waals surface area contributed by atoms with Crippen molar-refractivity contribution < 1.29 is 9.59 Å². The highest BCUT2D eigenvalue weighted by Crippen LogP contribution is 2.36. The Balaban J connectivity index is 2.48. The summed E-state index contributed by atoms with van der Waals surface area (Å²) in [6.07, 6.45) is 4.03. The molecule has 0 aromatic carbocycles. The number of carbonyl (C=O) groups excluding carboxylic acids is 2. The molecule has 108 valence electrons. The molecule has 1 aliphatic carbocycles. The molecule has 0 aromatic heterocycles. The smallest absolute Gasteiger partial charge is 0.311 e. The molecule has 0 aliphatic heterocycles. The van der Waals surface area contributed by atoms with Crippen LogP contribution in [0.1, 0.15) is 39.5 Å². The molecule has 0 spiro atoms. The van der Waals surface area contributed by atoms with E-state index >= 15 is 0 Å². The molecule has 6 heteroatoms. The van der Waals surface area contributed by atoms with Crippen molar-refractivity contribution >= 4 is 29.0 Å². The van der Waals surface area contributed by atoms with Crippen LogP contribution in [0.25, 0.3) is 0 Å². The van der Waals surface area contributed by atoms with E-state index in [1.54, 1.807) is 11.9 Å². The van der Waals surface area contributed by atoms with Gasteiger partial charge in [0.25, 0.3) is 0 Å². The van der Waals surface area contributed by atoms with Crippen LogP contribution < -0.4 is 11.1 Å². The lowest BCUT2D eigenvalue weighted by molar-refractivity contribution is -0.146. The number of amides is 2. The van der Waals surface area contributed by atoms with Crippen molar-refractivity contribution in [2.45, 2.75) is 45.6 Å². The number of hydrogen-bond acceptors (Lipinski definition) is 3. The Morgan fingerprint density at radius 3 is 2.37 bits per heavy atom. The molecule has 0 heterocycles. The molecule has 0 atom stereocenters. The molecule has 1 fully saturated rings. The maximum absolute atomic E-state index is 11.9. The summed E-state index contributed by atoms with van der Waals surface area (Å²) in [5.41, 5.74) is 5.62. The maximum atomic E-state index is 11.9. The quantitative estimate of drug-likeness (QED) is 0.594. The van der Waals surface area contributed by atoms with Gasteiger partial charge in [-0.1, -0.05) is 26.1 Å². The van der Waals surface area contributed by atoms with Crippen molar-refractivity contribution in [3.63, 3.8) is 0 Å². The predicted octanol–water partition coefficient (Wildman–Crippen LogP) is 0.816. The number of carbonyl (C=O) groups is 2. The maximum Gasteiger partial charge on any atom is 0.311 e. The van der Waals surface area contributed by atoms with Gasteiger partial charge in [0.2, 0.25) is 0 Å². The first kappa shape index (κ1) is 15.9. The van der Waals surface area contributed by atoms with E-state index in [4.69, 9.17) is 5.73 Å². The lowest BCUT2D eigenvalue weighted by Crippen LogP contribution is -2.48. The molecule has 1 saturated carbocycles. The van der Waals surface area contributed by atoms with E-state index < -0.39 is 11.8 Å². The van der Waals surface area contributed by atoms with Crippen molar-refractivity contribution in [1.29, 1.82) is 0 Å². The van der Waals surface area contributed by atoms with Crippen LogP contribution in [0.3, 0.4) is 0 Å². The average Bonchev–Trinajstić information content (AvgIpc) is 2.34. The molecule has 5 nitrogen and oxygen atoms in total. The Kier molecular flexibility index (Phi) is 5.29. The Morgan fingerprint density at radius 1 is 1.37 bits per heavy atom. The fourth-order valence-corrected chi connectivity index (χ4v) is 2.41. The molecule has 1 rings (SSSR count). The van der Waals surface area contributed by atoms with Crippen LogP contribution in [0, 0.1) is 5.41 Å². The Hall–Kier alpha value is -1.17. The lowest BCUT2D eigenvalue weighted by Gasteiger charge is -2.38. The van der Waals surface area contributed by atoms with E-state index in [1.807, 2.05) is 0 Å². The molecule has 0 unspecified atom stereocenters. The number of thiocarbonyl (C=S) groups is 1. The molecule has 0 saturated heterocycles. The van der Waals surface area contributed by atoms with Crippen LogP contribution >= 0.6 is 12.2 Å². The summed E-state index contributed by atoms with van der Waals surface area (Å²) in [6.45, 7) is 4.53. The molecule has 19 heavy (non-hydrogen) atoms. The summed E-state index contributed by atoms with van der Waals surface area (Å²) in [5.74, 6) is -1.15. The predicted molar refractivity (Wildman–Crippen MR) is 78.6 cm³/mol. The molecule has 0 bridgehead atoms. The van der Waals surface area contributed by atoms with Crippen LogP contribution in [0.2, 0.25) is 0 Å². The zero-order chi connectivity index (χ0) is 14.6. The van der Waals surface area contributed by atoms with E-state index in [9.17, 15) is 9.59 Å². The number of rotatable bonds is 3. The van der Waals surface area contributed by atoms with Crippen LogP contribution in [0.15, 0.2) is 0 Å². The van der Waals surface area contributed by atoms with Gasteiger partial charge in [-0.15, -0.1) is 0 Å². The van der Waals surface area contributed by atoms with Crippen LogP contribution in [0.5, 0.6) is 0 Å². The Morgan fingerprint density at radius 2 is 1.89 bits per heavy atom. The van der Waals surface area contributed by atoms with Gasteiger partial charge in [-0.2, -0.15) is 0 Å². The van der Waals surface area contributed by atoms with E-state index in [1.165, 1.54) is 0 Å². The van der Waals surface area contributed by atoms with Crippen molar-refractivity contribution in [1.82, 2.24) is 10.2 Å². The number of nitrogens with two attached hydrogens (primary N) is 1. The minimum absolute atomic E-state index is 0.0610. The van der Waals surface area contributed by atoms with Gasteiger partial charge in [-0.25, -0.2) is 0 Å². The monoisotopic (exact) mass is 285 g/mol. The van der Waals surface area contributed by atoms with Crippen LogP contribution in [-0.2, 0) is 9.59 Å². The summed E-state index contributed by atoms with van der Waals surface area (Å²) in [4.78, 5) is 25.3. The number of likely N-dealkylation sites (N-methyl/N-ethyl adjacent to an activating group) is 1. The zero-order valence-corrected chi connectivity index (χ0v) is 12.7. The molecule has 2 amide bonds. The second-order valence-electron chi connectivity index (χ2n) is 5.96. The molecule has 0 radical (unpaired) electrons. The van der Waals surface area contributed by atoms with E-state index in [2.05, 4.69) is 31.4 Å². The molecular formula is C13H23N3O2S. The van der Waals surface area contributed by atoms with E-state index in [-0.39, 0.29) is 17.6 Å². The highest BCUT2D eigenvalue weighted by molar-refractivity contribution is 7.80. The summed E-state index contributed by atoms with van der Waals surface area (Å²) in [6, 6.07) is 0.149. The van der Waals surface area contributed by atoms with E-state index in [0.29, 0.717) is 5.41 Å². The van der Waals surface area contributed by atoms with Crippen molar-refractivity contribution in [2.75, 3.05) is 13.6 Å². The highest BCUT2D eigenvalue weighted by Gasteiger charge is 2.32. The van der Waals surface area contributed by atoms with Gasteiger partial charge in [-0.05, 0) is 31.1 Å². The van der Waals surface area contributed by atoms with Gasteiger partial charge >= 0.3 is 11.8 Å². The summed E-state index contributed by atoms with van der Waals surface area (Å²) < 4.78 is 0. The number of hydrogen-bond donors (Lipinski definition) is 2. The SMILES string of the molecule is CN(C(=O)C(=O)NCC(N)=S)C1CCC(C)(C)CC1. The summed E-state index contributed by atoms with van der Waals surface area (Å²) in [5, 5.41) is 2.42. The molecule has 1 aliphatic rings. The van der Waals surface area contributed by atoms with E-state index in [0.717, 1.165) is 25.7 Å². The minimum Gasteiger partial charge on any atom is -0.392 e. The standard InChI is InChI=1S/C13H23N3O2S/c1-13(2)6-4-9(5-7-13)16(3)12(18)11(17)15-8-10(14)19/h9H,4-8H2,1-3H3,(H2,14,19)(H,15,17). The Labute approximate surface area is 119 Å². The fourth-order valence-electron chi connectivity index (χ4n) is 2.34. The number of nitrogens with one attached hydrogen (secondary N) is 1. The second-order valence-corrected chi connectivity index (χ2v) is 6.48. The van der Waals surface area contributed by atoms with Crippen molar-refractivity contribution in [2.24, 2.45) is 11.1 Å². The summed E-state index contributed by atoms with van der Waals surface area (Å²) in [7, 11) is 1.69. The normalized spacial score (nSPS) is 18.7. The lowest BCUT2D eigenvalue weighted by atomic mass is 9.75. The second kappa shape index (κ2) is 6.32. The third kappa shape index (κ3) is 4.78. The van der Waals surface area contributed by atoms with Crippen molar-refractivity contribution in [3.8, 4) is 0 Å². The third-order valence-corrected chi connectivity index (χ3v) is 3.94. The summed E-state index contributed by atoms with van der Waals surface area (Å²) >= 11 is 4.65. The van der Waals surface area contributed by atoms with Gasteiger partial charge in [-0.3, -0.25) is 9.59 Å². The average molecular weight is 285 g/mol. The van der Waals surface area contributed by atoms with Gasteiger partial charge in [0, 0.05) is 13.1 Å². The fraction of sp³-hybridized carbons (Fsp3) is 0.769. The van der Waals surface area contributed by atoms with Gasteiger partial charge in [0.05, 0.1) is 11.5 Å². The van der Waals surface area contributed by atoms with Gasteiger partial charge in [0.15, 0.2) is 0 Å². The van der Waals surface area contributed by atoms with Crippen LogP contribution in [0.4, 0.5) is 0 Å². The minimum atomic E-state index is -0.639. The topological polar surface area (TPSA) is 75.4 Å². The first-order chi connectivity index (χ1) is 8.73. The largest absolute Gasteiger partial charge is 0.392 e. The van der Waals surface area contributed by atoms with Gasteiger partial charge < -0.3 is 16.0 Å². The van der Waals surface area contributed by atoms with Crippen molar-refractivity contribution in [3.05, 3.63) is 0 Å². The zero-order valence-electron chi connectivity index (χ0n) is 11.9. The molecule has 3 N–H and O–H groups in total. The van der Waals surface area contributed by atoms with Crippen LogP contribution in [-0.4, -0.2) is 41.3 Å². The molecular weight excluding hydrogens is 262 g/mol. The first-order valence-corrected chi connectivity index (χ1v) is 6.97. The molecule has 0 aromatic rings.